The lowest BCUT2D eigenvalue weighted by molar-refractivity contribution is -0.139. The summed E-state index contributed by atoms with van der Waals surface area (Å²) in [6.07, 6.45) is 2.40. The highest BCUT2D eigenvalue weighted by molar-refractivity contribution is 5.74. The first-order valence-corrected chi connectivity index (χ1v) is 4.03. The minimum Gasteiger partial charge on any atom is -0.481 e. The summed E-state index contributed by atoms with van der Waals surface area (Å²) in [6.45, 7) is 6.51. The second-order valence-electron chi connectivity index (χ2n) is 2.35. The minimum absolute atomic E-state index is 0.0231. The molecule has 0 aromatic rings. The van der Waals surface area contributed by atoms with E-state index in [0.29, 0.717) is 0 Å². The van der Waals surface area contributed by atoms with E-state index in [9.17, 15) is 9.59 Å². The number of carboxylic acids is 2. The summed E-state index contributed by atoms with van der Waals surface area (Å²) in [5.74, 6) is -2.20. The van der Waals surface area contributed by atoms with Gasteiger partial charge in [0, 0.05) is 6.42 Å². The lowest BCUT2D eigenvalue weighted by Crippen LogP contribution is -2.30. The number of hydrogen-bond donors (Lipinski definition) is 3. The first kappa shape index (κ1) is 15.6. The van der Waals surface area contributed by atoms with Gasteiger partial charge in [-0.25, -0.2) is 0 Å². The van der Waals surface area contributed by atoms with Crippen molar-refractivity contribution in [2.45, 2.75) is 18.9 Å². The zero-order chi connectivity index (χ0) is 12.3. The number of aliphatic carboxylic acids is 2. The topological polar surface area (TPSA) is 110 Å². The molecule has 1 atom stereocenters. The van der Waals surface area contributed by atoms with Crippen molar-refractivity contribution in [3.8, 4) is 0 Å². The fourth-order valence-electron chi connectivity index (χ4n) is 0.470. The van der Waals surface area contributed by atoms with Gasteiger partial charge in [-0.1, -0.05) is 13.2 Å². The summed E-state index contributed by atoms with van der Waals surface area (Å²) in [5.41, 5.74) is 5.00. The van der Waals surface area contributed by atoms with Gasteiger partial charge in [0.25, 0.3) is 0 Å². The number of ether oxygens (including phenoxy) is 1. The number of hydrogen-bond acceptors (Lipinski definition) is 4. The highest BCUT2D eigenvalue weighted by Crippen LogP contribution is 1.93. The standard InChI is InChI=1S/C5H9NO4.C4H6O/c6-3(5(9)10)1-2-4(7)8;1-3-5-4-2/h3H,1-2,6H2,(H,7,8)(H,9,10);3-4H,1-2H2/t3-;/m0./s1. The van der Waals surface area contributed by atoms with Gasteiger partial charge in [-0.05, 0) is 6.42 Å². The van der Waals surface area contributed by atoms with Crippen LogP contribution in [0.3, 0.4) is 0 Å². The fourth-order valence-corrected chi connectivity index (χ4v) is 0.470. The molecule has 0 bridgehead atoms. The van der Waals surface area contributed by atoms with Crippen molar-refractivity contribution in [3.05, 3.63) is 25.7 Å². The molecule has 0 aliphatic carbocycles. The summed E-state index contributed by atoms with van der Waals surface area (Å²) < 4.78 is 4.36. The van der Waals surface area contributed by atoms with Crippen LogP contribution in [-0.2, 0) is 14.3 Å². The van der Waals surface area contributed by atoms with Gasteiger partial charge in [0.05, 0.1) is 12.5 Å². The molecule has 0 unspecified atom stereocenters. The Morgan fingerprint density at radius 1 is 1.33 bits per heavy atom. The van der Waals surface area contributed by atoms with E-state index in [2.05, 4.69) is 17.9 Å². The van der Waals surface area contributed by atoms with Gasteiger partial charge in [0.15, 0.2) is 0 Å². The number of nitrogens with two attached hydrogens (primary N) is 1. The van der Waals surface area contributed by atoms with E-state index < -0.39 is 18.0 Å². The third kappa shape index (κ3) is 15.0. The quantitative estimate of drug-likeness (QED) is 0.560. The van der Waals surface area contributed by atoms with Crippen molar-refractivity contribution >= 4 is 11.9 Å². The summed E-state index contributed by atoms with van der Waals surface area (Å²) in [6, 6.07) is -1.06. The molecule has 0 saturated heterocycles. The van der Waals surface area contributed by atoms with Crippen LogP contribution in [0.4, 0.5) is 0 Å². The molecule has 15 heavy (non-hydrogen) atoms. The normalized spacial score (nSPS) is 10.2. The van der Waals surface area contributed by atoms with Gasteiger partial charge in [0.1, 0.15) is 6.04 Å². The number of carboxylic acid groups (broad SMARTS) is 2. The lowest BCUT2D eigenvalue weighted by atomic mass is 10.2. The molecule has 0 aromatic carbocycles. The van der Waals surface area contributed by atoms with Crippen LogP contribution < -0.4 is 5.73 Å². The Labute approximate surface area is 87.7 Å². The molecule has 0 aliphatic heterocycles. The maximum atomic E-state index is 9.99. The van der Waals surface area contributed by atoms with Gasteiger partial charge in [0.2, 0.25) is 0 Å². The predicted octanol–water partition coefficient (Wildman–Crippen LogP) is 0.553. The van der Waals surface area contributed by atoms with Crippen LogP contribution in [0.25, 0.3) is 0 Å². The van der Waals surface area contributed by atoms with E-state index in [1.165, 1.54) is 12.5 Å². The van der Waals surface area contributed by atoms with Crippen molar-refractivity contribution < 1.29 is 24.5 Å². The molecule has 0 heterocycles. The van der Waals surface area contributed by atoms with Crippen molar-refractivity contribution in [2.24, 2.45) is 5.73 Å². The Morgan fingerprint density at radius 3 is 2.00 bits per heavy atom. The monoisotopic (exact) mass is 217 g/mol. The Bertz CT molecular complexity index is 221. The predicted molar refractivity (Wildman–Crippen MR) is 54.0 cm³/mol. The second kappa shape index (κ2) is 10.3. The van der Waals surface area contributed by atoms with E-state index in [4.69, 9.17) is 15.9 Å². The molecule has 0 aromatic heterocycles. The van der Waals surface area contributed by atoms with Crippen LogP contribution in [0, 0.1) is 0 Å². The van der Waals surface area contributed by atoms with E-state index in [-0.39, 0.29) is 12.8 Å². The van der Waals surface area contributed by atoms with E-state index in [1.54, 1.807) is 0 Å². The summed E-state index contributed by atoms with van der Waals surface area (Å²) in [7, 11) is 0. The van der Waals surface area contributed by atoms with Crippen molar-refractivity contribution in [1.29, 1.82) is 0 Å². The molecule has 6 nitrogen and oxygen atoms in total. The molecule has 86 valence electrons. The molecule has 0 radical (unpaired) electrons. The van der Waals surface area contributed by atoms with Gasteiger partial charge in [-0.2, -0.15) is 0 Å². The summed E-state index contributed by atoms with van der Waals surface area (Å²) >= 11 is 0. The Balaban J connectivity index is 0. The maximum absolute atomic E-state index is 9.99. The smallest absolute Gasteiger partial charge is 0.320 e. The zero-order valence-electron chi connectivity index (χ0n) is 8.26. The van der Waals surface area contributed by atoms with Crippen molar-refractivity contribution in [2.75, 3.05) is 0 Å². The Kier molecular flexibility index (Phi) is 10.7. The first-order chi connectivity index (χ1) is 6.95. The molecule has 0 aliphatic rings. The van der Waals surface area contributed by atoms with Crippen molar-refractivity contribution in [1.82, 2.24) is 0 Å². The molecule has 6 heteroatoms. The largest absolute Gasteiger partial charge is 0.481 e. The first-order valence-electron chi connectivity index (χ1n) is 4.03. The van der Waals surface area contributed by atoms with E-state index in [0.717, 1.165) is 0 Å². The zero-order valence-corrected chi connectivity index (χ0v) is 8.26. The molecule has 0 rings (SSSR count). The van der Waals surface area contributed by atoms with Gasteiger partial charge in [-0.3, -0.25) is 9.59 Å². The second-order valence-corrected chi connectivity index (χ2v) is 2.35. The van der Waals surface area contributed by atoms with Gasteiger partial charge >= 0.3 is 11.9 Å². The van der Waals surface area contributed by atoms with Crippen LogP contribution in [0.1, 0.15) is 12.8 Å². The average molecular weight is 217 g/mol. The molecule has 0 fully saturated rings. The Hall–Kier alpha value is -1.82. The molecule has 0 saturated carbocycles. The third-order valence-electron chi connectivity index (χ3n) is 1.18. The molecule has 0 amide bonds. The van der Waals surface area contributed by atoms with Gasteiger partial charge in [-0.15, -0.1) is 0 Å². The Morgan fingerprint density at radius 2 is 1.80 bits per heavy atom. The van der Waals surface area contributed by atoms with Crippen LogP contribution >= 0.6 is 0 Å². The SMILES string of the molecule is C=COC=C.N[C@@H](CCC(=O)O)C(=O)O. The highest BCUT2D eigenvalue weighted by atomic mass is 16.5. The van der Waals surface area contributed by atoms with E-state index >= 15 is 0 Å². The summed E-state index contributed by atoms with van der Waals surface area (Å²) in [4.78, 5) is 19.9. The van der Waals surface area contributed by atoms with Crippen molar-refractivity contribution in [3.63, 3.8) is 0 Å². The van der Waals surface area contributed by atoms with Crippen LogP contribution in [0.5, 0.6) is 0 Å². The third-order valence-corrected chi connectivity index (χ3v) is 1.18. The van der Waals surface area contributed by atoms with Crippen LogP contribution in [-0.4, -0.2) is 28.2 Å². The highest BCUT2D eigenvalue weighted by Gasteiger charge is 2.12. The molecule has 4 N–H and O–H groups in total. The summed E-state index contributed by atoms with van der Waals surface area (Å²) in [5, 5.41) is 16.3. The fraction of sp³-hybridized carbons (Fsp3) is 0.333. The average Bonchev–Trinajstić information content (AvgIpc) is 2.16. The maximum Gasteiger partial charge on any atom is 0.320 e. The number of rotatable bonds is 6. The number of carbonyl (C=O) groups is 2. The van der Waals surface area contributed by atoms with Gasteiger partial charge < -0.3 is 20.7 Å². The molecular formula is C9H15NO5. The minimum atomic E-state index is -1.17. The van der Waals surface area contributed by atoms with Crippen LogP contribution in [0.15, 0.2) is 25.7 Å². The molecule has 0 spiro atoms. The molecular weight excluding hydrogens is 202 g/mol. The van der Waals surface area contributed by atoms with E-state index in [1.807, 2.05) is 0 Å². The lowest BCUT2D eigenvalue weighted by Gasteiger charge is -2.01. The van der Waals surface area contributed by atoms with Crippen LogP contribution in [0.2, 0.25) is 0 Å².